The Kier molecular flexibility index (Phi) is 4.04. The van der Waals surface area contributed by atoms with Crippen LogP contribution in [0.2, 0.25) is 0 Å². The molecule has 2 aromatic carbocycles. The molecule has 2 aromatic heterocycles. The monoisotopic (exact) mass is 344 g/mol. The van der Waals surface area contributed by atoms with Gasteiger partial charge in [-0.05, 0) is 24.3 Å². The number of benzene rings is 2. The Labute approximate surface area is 136 Å². The van der Waals surface area contributed by atoms with E-state index in [-0.39, 0.29) is 13.5 Å². The molecule has 0 fully saturated rings. The lowest BCUT2D eigenvalue weighted by Gasteiger charge is -2.06. The van der Waals surface area contributed by atoms with Gasteiger partial charge < -0.3 is 0 Å². The summed E-state index contributed by atoms with van der Waals surface area (Å²) < 4.78 is 25.4. The Morgan fingerprint density at radius 1 is 0.792 bits per heavy atom. The average Bonchev–Trinajstić information content (AvgIpc) is 3.22. The van der Waals surface area contributed by atoms with E-state index in [2.05, 4.69) is 20.6 Å². The first-order valence-corrected chi connectivity index (χ1v) is 8.40. The summed E-state index contributed by atoms with van der Waals surface area (Å²) in [4.78, 5) is 0. The zero-order valence-electron chi connectivity index (χ0n) is 12.4. The standard InChI is InChI=1S/C14H13N6O3P/c21-24(22-9-19-13-7-3-1-5-11(13)15-17-19)23-10-20-14-8-4-2-6-12(14)16-18-20/h1-8,24H,9-10H2. The maximum Gasteiger partial charge on any atom is 0.322 e. The van der Waals surface area contributed by atoms with E-state index in [1.165, 1.54) is 9.36 Å². The molecule has 24 heavy (non-hydrogen) atoms. The Bertz CT molecular complexity index is 934. The molecule has 10 heteroatoms. The van der Waals surface area contributed by atoms with Crippen LogP contribution < -0.4 is 0 Å². The number of para-hydroxylation sites is 2. The van der Waals surface area contributed by atoms with Crippen LogP contribution >= 0.6 is 8.25 Å². The molecule has 0 bridgehead atoms. The van der Waals surface area contributed by atoms with E-state index in [9.17, 15) is 4.57 Å². The zero-order chi connectivity index (χ0) is 16.4. The summed E-state index contributed by atoms with van der Waals surface area (Å²) >= 11 is 0. The lowest BCUT2D eigenvalue weighted by Crippen LogP contribution is -2.04. The van der Waals surface area contributed by atoms with Crippen molar-refractivity contribution in [3.8, 4) is 0 Å². The Hall–Kier alpha value is -2.61. The van der Waals surface area contributed by atoms with Crippen molar-refractivity contribution >= 4 is 30.3 Å². The number of hydrogen-bond donors (Lipinski definition) is 0. The van der Waals surface area contributed by atoms with Gasteiger partial charge in [0.1, 0.15) is 11.0 Å². The van der Waals surface area contributed by atoms with E-state index in [1.54, 1.807) is 0 Å². The van der Waals surface area contributed by atoms with E-state index in [1.807, 2.05) is 48.5 Å². The quantitative estimate of drug-likeness (QED) is 0.495. The van der Waals surface area contributed by atoms with Gasteiger partial charge in [0.15, 0.2) is 13.5 Å². The third-order valence-electron chi connectivity index (χ3n) is 3.45. The highest BCUT2D eigenvalue weighted by Crippen LogP contribution is 2.26. The van der Waals surface area contributed by atoms with Crippen molar-refractivity contribution in [2.24, 2.45) is 0 Å². The van der Waals surface area contributed by atoms with Gasteiger partial charge in [-0.2, -0.15) is 0 Å². The van der Waals surface area contributed by atoms with Gasteiger partial charge in [0.2, 0.25) is 0 Å². The highest BCUT2D eigenvalue weighted by atomic mass is 31.1. The second-order valence-corrected chi connectivity index (χ2v) is 6.03. The molecule has 0 spiro atoms. The fourth-order valence-electron chi connectivity index (χ4n) is 2.29. The molecule has 0 aliphatic rings. The van der Waals surface area contributed by atoms with Crippen LogP contribution in [0.4, 0.5) is 0 Å². The van der Waals surface area contributed by atoms with Gasteiger partial charge in [0, 0.05) is 0 Å². The predicted octanol–water partition coefficient (Wildman–Crippen LogP) is 2.21. The molecule has 0 saturated heterocycles. The topological polar surface area (TPSA) is 97.0 Å². The zero-order valence-corrected chi connectivity index (χ0v) is 13.4. The maximum atomic E-state index is 11.9. The van der Waals surface area contributed by atoms with Crippen LogP contribution in [0.3, 0.4) is 0 Å². The number of hydrogen-bond acceptors (Lipinski definition) is 7. The van der Waals surface area contributed by atoms with Crippen molar-refractivity contribution in [1.29, 1.82) is 0 Å². The lowest BCUT2D eigenvalue weighted by atomic mass is 10.3. The van der Waals surface area contributed by atoms with E-state index in [4.69, 9.17) is 9.05 Å². The second-order valence-electron chi connectivity index (χ2n) is 4.95. The molecule has 0 atom stereocenters. The van der Waals surface area contributed by atoms with Crippen molar-refractivity contribution in [2.75, 3.05) is 0 Å². The van der Waals surface area contributed by atoms with E-state index in [0.717, 1.165) is 22.1 Å². The van der Waals surface area contributed by atoms with Crippen molar-refractivity contribution in [1.82, 2.24) is 30.0 Å². The van der Waals surface area contributed by atoms with Gasteiger partial charge in [-0.1, -0.05) is 34.7 Å². The summed E-state index contributed by atoms with van der Waals surface area (Å²) in [6.45, 7) is -0.00711. The summed E-state index contributed by atoms with van der Waals surface area (Å²) in [5.74, 6) is 0. The Balaban J connectivity index is 1.37. The van der Waals surface area contributed by atoms with Gasteiger partial charge in [0.05, 0.1) is 11.0 Å². The molecule has 9 nitrogen and oxygen atoms in total. The number of rotatable bonds is 6. The average molecular weight is 344 g/mol. The maximum absolute atomic E-state index is 11.9. The van der Waals surface area contributed by atoms with Crippen LogP contribution in [0.5, 0.6) is 0 Å². The first-order chi connectivity index (χ1) is 11.8. The van der Waals surface area contributed by atoms with Crippen molar-refractivity contribution < 1.29 is 13.6 Å². The summed E-state index contributed by atoms with van der Waals surface area (Å²) in [6.07, 6.45) is 0. The fourth-order valence-corrected chi connectivity index (χ4v) is 2.83. The molecule has 4 rings (SSSR count). The first kappa shape index (κ1) is 14.9. The van der Waals surface area contributed by atoms with Gasteiger partial charge in [-0.25, -0.2) is 9.36 Å². The third kappa shape index (κ3) is 2.92. The minimum Gasteiger partial charge on any atom is -0.287 e. The van der Waals surface area contributed by atoms with Crippen LogP contribution in [0.25, 0.3) is 22.1 Å². The Morgan fingerprint density at radius 3 is 1.75 bits per heavy atom. The lowest BCUT2D eigenvalue weighted by molar-refractivity contribution is 0.148. The van der Waals surface area contributed by atoms with Crippen molar-refractivity contribution in [2.45, 2.75) is 13.5 Å². The highest BCUT2D eigenvalue weighted by Gasteiger charge is 2.08. The minimum absolute atomic E-state index is 0.00356. The fraction of sp³-hybridized carbons (Fsp3) is 0.143. The van der Waals surface area contributed by atoms with E-state index in [0.29, 0.717) is 0 Å². The molecule has 122 valence electrons. The molecule has 0 unspecified atom stereocenters. The molecule has 0 aliphatic carbocycles. The van der Waals surface area contributed by atoms with Crippen LogP contribution in [0.15, 0.2) is 48.5 Å². The molecule has 0 radical (unpaired) electrons. The van der Waals surface area contributed by atoms with Crippen LogP contribution in [-0.2, 0) is 27.1 Å². The largest absolute Gasteiger partial charge is 0.322 e. The molecule has 4 aromatic rings. The summed E-state index contributed by atoms with van der Waals surface area (Å²) in [6, 6.07) is 14.9. The normalized spacial score (nSPS) is 11.7. The molecule has 0 amide bonds. The molecular weight excluding hydrogens is 331 g/mol. The molecule has 0 saturated carbocycles. The summed E-state index contributed by atoms with van der Waals surface area (Å²) in [5.41, 5.74) is 3.09. The first-order valence-electron chi connectivity index (χ1n) is 7.17. The highest BCUT2D eigenvalue weighted by molar-refractivity contribution is 7.33. The van der Waals surface area contributed by atoms with Crippen LogP contribution in [0, 0.1) is 0 Å². The van der Waals surface area contributed by atoms with Crippen LogP contribution in [0.1, 0.15) is 0 Å². The smallest absolute Gasteiger partial charge is 0.287 e. The van der Waals surface area contributed by atoms with E-state index < -0.39 is 8.25 Å². The minimum atomic E-state index is -2.70. The number of aromatic nitrogens is 6. The van der Waals surface area contributed by atoms with Gasteiger partial charge >= 0.3 is 8.25 Å². The molecule has 2 heterocycles. The van der Waals surface area contributed by atoms with Crippen LogP contribution in [-0.4, -0.2) is 30.0 Å². The second kappa shape index (κ2) is 6.48. The predicted molar refractivity (Wildman–Crippen MR) is 86.2 cm³/mol. The van der Waals surface area contributed by atoms with Gasteiger partial charge in [0.25, 0.3) is 0 Å². The SMILES string of the molecule is O=[PH](OCn1nnc2ccccc21)OCn1nnc2ccccc21. The molecular formula is C14H13N6O3P. The van der Waals surface area contributed by atoms with Gasteiger partial charge in [-0.15, -0.1) is 10.2 Å². The van der Waals surface area contributed by atoms with E-state index >= 15 is 0 Å². The number of fused-ring (bicyclic) bond motifs is 2. The number of nitrogens with zero attached hydrogens (tertiary/aromatic N) is 6. The van der Waals surface area contributed by atoms with Crippen molar-refractivity contribution in [3.05, 3.63) is 48.5 Å². The summed E-state index contributed by atoms with van der Waals surface area (Å²) in [7, 11) is -2.70. The molecule has 0 aliphatic heterocycles. The summed E-state index contributed by atoms with van der Waals surface area (Å²) in [5, 5.41) is 15.9. The molecule has 0 N–H and O–H groups in total. The Morgan fingerprint density at radius 2 is 1.25 bits per heavy atom. The van der Waals surface area contributed by atoms with Gasteiger partial charge in [-0.3, -0.25) is 13.6 Å². The van der Waals surface area contributed by atoms with Crippen molar-refractivity contribution in [3.63, 3.8) is 0 Å². The third-order valence-corrected chi connectivity index (χ3v) is 4.18.